The van der Waals surface area contributed by atoms with E-state index >= 15 is 0 Å². The number of hydrogen-bond donors (Lipinski definition) is 1. The molecule has 0 radical (unpaired) electrons. The smallest absolute Gasteiger partial charge is 0.254 e. The van der Waals surface area contributed by atoms with Crippen LogP contribution in [-0.4, -0.2) is 17.9 Å². The summed E-state index contributed by atoms with van der Waals surface area (Å²) in [5.74, 6) is 0.116. The van der Waals surface area contributed by atoms with Crippen molar-refractivity contribution in [2.75, 3.05) is 12.8 Å². The summed E-state index contributed by atoms with van der Waals surface area (Å²) in [6.45, 7) is 0. The monoisotopic (exact) mass is 188 g/mol. The summed E-state index contributed by atoms with van der Waals surface area (Å²) < 4.78 is 0. The first-order chi connectivity index (χ1) is 6.65. The van der Waals surface area contributed by atoms with Crippen LogP contribution in [0.3, 0.4) is 0 Å². The molecule has 2 aliphatic rings. The highest BCUT2D eigenvalue weighted by Crippen LogP contribution is 2.55. The predicted octanol–water partition coefficient (Wildman–Crippen LogP) is 1.34. The number of nitrogens with zero attached hydrogens (tertiary/aromatic N) is 1. The van der Waals surface area contributed by atoms with Gasteiger partial charge in [0, 0.05) is 18.3 Å². The molecule has 1 fully saturated rings. The Morgan fingerprint density at radius 3 is 2.79 bits per heavy atom. The average molecular weight is 188 g/mol. The molecule has 0 aromatic heterocycles. The minimum absolute atomic E-state index is 0.0279. The van der Waals surface area contributed by atoms with Crippen LogP contribution in [0.25, 0.3) is 0 Å². The zero-order chi connectivity index (χ0) is 9.92. The van der Waals surface area contributed by atoms with Crippen LogP contribution in [0.15, 0.2) is 18.2 Å². The standard InChI is InChI=1S/C11H12N2O/c1-13-10(14)8-6-7(12)2-3-9(8)11(13)4-5-11/h2-3,6H,4-5,12H2,1H3. The first-order valence-corrected chi connectivity index (χ1v) is 4.83. The van der Waals surface area contributed by atoms with Crippen LogP contribution in [0.5, 0.6) is 0 Å². The summed E-state index contributed by atoms with van der Waals surface area (Å²) in [7, 11) is 1.88. The number of benzene rings is 1. The van der Waals surface area contributed by atoms with Gasteiger partial charge in [-0.1, -0.05) is 6.07 Å². The van der Waals surface area contributed by atoms with Gasteiger partial charge in [0.05, 0.1) is 5.54 Å². The maximum atomic E-state index is 11.9. The van der Waals surface area contributed by atoms with Gasteiger partial charge in [-0.2, -0.15) is 0 Å². The normalized spacial score (nSPS) is 21.5. The molecular formula is C11H12N2O. The second-order valence-corrected chi connectivity index (χ2v) is 4.20. The van der Waals surface area contributed by atoms with E-state index in [1.54, 1.807) is 6.07 Å². The van der Waals surface area contributed by atoms with E-state index in [1.165, 1.54) is 5.56 Å². The molecule has 1 heterocycles. The van der Waals surface area contributed by atoms with Gasteiger partial charge in [-0.05, 0) is 30.5 Å². The van der Waals surface area contributed by atoms with Gasteiger partial charge in [0.1, 0.15) is 0 Å². The predicted molar refractivity (Wildman–Crippen MR) is 53.9 cm³/mol. The van der Waals surface area contributed by atoms with Crippen molar-refractivity contribution in [1.29, 1.82) is 0 Å². The number of hydrogen-bond acceptors (Lipinski definition) is 2. The van der Waals surface area contributed by atoms with Gasteiger partial charge in [-0.3, -0.25) is 4.79 Å². The largest absolute Gasteiger partial charge is 0.399 e. The van der Waals surface area contributed by atoms with Crippen LogP contribution in [0.1, 0.15) is 28.8 Å². The third-order valence-corrected chi connectivity index (χ3v) is 3.45. The second kappa shape index (κ2) is 2.11. The van der Waals surface area contributed by atoms with Crippen molar-refractivity contribution >= 4 is 11.6 Å². The van der Waals surface area contributed by atoms with Crippen LogP contribution in [-0.2, 0) is 5.54 Å². The van der Waals surface area contributed by atoms with Gasteiger partial charge in [0.2, 0.25) is 0 Å². The first-order valence-electron chi connectivity index (χ1n) is 4.83. The zero-order valence-corrected chi connectivity index (χ0v) is 8.08. The quantitative estimate of drug-likeness (QED) is 0.624. The lowest BCUT2D eigenvalue weighted by atomic mass is 10.0. The summed E-state index contributed by atoms with van der Waals surface area (Å²) in [6, 6.07) is 5.67. The number of anilines is 1. The molecule has 0 atom stereocenters. The van der Waals surface area contributed by atoms with Crippen molar-refractivity contribution in [3.63, 3.8) is 0 Å². The topological polar surface area (TPSA) is 46.3 Å². The van der Waals surface area contributed by atoms with Crippen molar-refractivity contribution in [2.24, 2.45) is 0 Å². The van der Waals surface area contributed by atoms with Crippen molar-refractivity contribution in [1.82, 2.24) is 4.90 Å². The summed E-state index contributed by atoms with van der Waals surface area (Å²) in [4.78, 5) is 13.7. The van der Waals surface area contributed by atoms with Crippen LogP contribution < -0.4 is 5.73 Å². The summed E-state index contributed by atoms with van der Waals surface area (Å²) in [5, 5.41) is 0. The highest BCUT2D eigenvalue weighted by Gasteiger charge is 2.56. The highest BCUT2D eigenvalue weighted by molar-refractivity contribution is 6.01. The van der Waals surface area contributed by atoms with Gasteiger partial charge in [-0.15, -0.1) is 0 Å². The Morgan fingerprint density at radius 1 is 1.43 bits per heavy atom. The van der Waals surface area contributed by atoms with Crippen molar-refractivity contribution < 1.29 is 4.79 Å². The molecule has 1 aliphatic carbocycles. The van der Waals surface area contributed by atoms with E-state index < -0.39 is 0 Å². The fourth-order valence-electron chi connectivity index (χ4n) is 2.42. The van der Waals surface area contributed by atoms with E-state index in [2.05, 4.69) is 0 Å². The Balaban J connectivity index is 2.26. The molecule has 3 heteroatoms. The van der Waals surface area contributed by atoms with Gasteiger partial charge < -0.3 is 10.6 Å². The summed E-state index contributed by atoms with van der Waals surface area (Å²) in [5.41, 5.74) is 8.34. The molecule has 2 N–H and O–H groups in total. The Morgan fingerprint density at radius 2 is 2.14 bits per heavy atom. The van der Waals surface area contributed by atoms with E-state index in [4.69, 9.17) is 5.73 Å². The maximum Gasteiger partial charge on any atom is 0.254 e. The van der Waals surface area contributed by atoms with Crippen LogP contribution >= 0.6 is 0 Å². The van der Waals surface area contributed by atoms with Crippen molar-refractivity contribution in [3.8, 4) is 0 Å². The molecule has 3 rings (SSSR count). The van der Waals surface area contributed by atoms with E-state index in [0.717, 1.165) is 18.4 Å². The lowest BCUT2D eigenvalue weighted by molar-refractivity contribution is 0.0755. The fraction of sp³-hybridized carbons (Fsp3) is 0.364. The first kappa shape index (κ1) is 7.85. The number of nitrogens with two attached hydrogens (primary N) is 1. The molecule has 14 heavy (non-hydrogen) atoms. The van der Waals surface area contributed by atoms with Crippen LogP contribution in [0, 0.1) is 0 Å². The molecule has 72 valence electrons. The molecule has 3 nitrogen and oxygen atoms in total. The molecule has 0 bridgehead atoms. The Labute approximate surface area is 82.5 Å². The molecule has 1 aromatic rings. The summed E-state index contributed by atoms with van der Waals surface area (Å²) >= 11 is 0. The van der Waals surface area contributed by atoms with Gasteiger partial charge in [0.15, 0.2) is 0 Å². The number of fused-ring (bicyclic) bond motifs is 2. The SMILES string of the molecule is CN1C(=O)c2cc(N)ccc2C12CC2. The number of amides is 1. The molecular weight excluding hydrogens is 176 g/mol. The van der Waals surface area contributed by atoms with E-state index in [9.17, 15) is 4.79 Å². The lowest BCUT2D eigenvalue weighted by Crippen LogP contribution is -2.28. The maximum absolute atomic E-state index is 11.9. The summed E-state index contributed by atoms with van der Waals surface area (Å²) in [6.07, 6.45) is 2.18. The van der Waals surface area contributed by atoms with E-state index in [0.29, 0.717) is 5.69 Å². The number of carbonyl (C=O) groups is 1. The number of carbonyl (C=O) groups excluding carboxylic acids is 1. The Kier molecular flexibility index (Phi) is 1.18. The van der Waals surface area contributed by atoms with Gasteiger partial charge in [0.25, 0.3) is 5.91 Å². The molecule has 0 unspecified atom stereocenters. The van der Waals surface area contributed by atoms with E-state index in [-0.39, 0.29) is 11.4 Å². The molecule has 1 saturated carbocycles. The third kappa shape index (κ3) is 0.710. The van der Waals surface area contributed by atoms with Gasteiger partial charge in [-0.25, -0.2) is 0 Å². The molecule has 1 aliphatic heterocycles. The molecule has 1 spiro atoms. The van der Waals surface area contributed by atoms with Crippen molar-refractivity contribution in [3.05, 3.63) is 29.3 Å². The average Bonchev–Trinajstić information content (AvgIpc) is 2.93. The fourth-order valence-corrected chi connectivity index (χ4v) is 2.42. The molecule has 1 amide bonds. The molecule has 1 aromatic carbocycles. The van der Waals surface area contributed by atoms with Gasteiger partial charge >= 0.3 is 0 Å². The minimum Gasteiger partial charge on any atom is -0.399 e. The second-order valence-electron chi connectivity index (χ2n) is 4.20. The van der Waals surface area contributed by atoms with Crippen LogP contribution in [0.2, 0.25) is 0 Å². The van der Waals surface area contributed by atoms with Crippen LogP contribution in [0.4, 0.5) is 5.69 Å². The Bertz CT molecular complexity index is 435. The number of rotatable bonds is 0. The highest BCUT2D eigenvalue weighted by atomic mass is 16.2. The lowest BCUT2D eigenvalue weighted by Gasteiger charge is -2.18. The zero-order valence-electron chi connectivity index (χ0n) is 8.08. The Hall–Kier alpha value is -1.51. The van der Waals surface area contributed by atoms with E-state index in [1.807, 2.05) is 24.1 Å². The minimum atomic E-state index is 0.0279. The third-order valence-electron chi connectivity index (χ3n) is 3.45. The number of nitrogen functional groups attached to an aromatic ring is 1. The van der Waals surface area contributed by atoms with Crippen molar-refractivity contribution in [2.45, 2.75) is 18.4 Å². The molecule has 0 saturated heterocycles.